The fourth-order valence-corrected chi connectivity index (χ4v) is 3.42. The minimum absolute atomic E-state index is 0.184. The van der Waals surface area contributed by atoms with E-state index in [0.29, 0.717) is 0 Å². The summed E-state index contributed by atoms with van der Waals surface area (Å²) in [5.74, 6) is 0.602. The number of halogens is 1. The van der Waals surface area contributed by atoms with Gasteiger partial charge in [0, 0.05) is 5.56 Å². The van der Waals surface area contributed by atoms with Crippen LogP contribution in [0.25, 0.3) is 11.3 Å². The maximum atomic E-state index is 13.2. The number of imidazole rings is 1. The van der Waals surface area contributed by atoms with Gasteiger partial charge >= 0.3 is 5.97 Å². The third-order valence-corrected chi connectivity index (χ3v) is 4.68. The summed E-state index contributed by atoms with van der Waals surface area (Å²) in [4.78, 5) is 12.3. The number of fused-ring (bicyclic) bond motifs is 1. The number of rotatable bonds is 5. The fraction of sp³-hybridized carbons (Fsp3) is 0.238. The van der Waals surface area contributed by atoms with Crippen LogP contribution < -0.4 is 4.57 Å². The number of aromatic nitrogens is 2. The molecule has 132 valence electrons. The topological polar surface area (TPSA) is 35.1 Å². The van der Waals surface area contributed by atoms with E-state index in [0.717, 1.165) is 42.0 Å². The molecule has 3 aromatic rings. The van der Waals surface area contributed by atoms with E-state index < -0.39 is 0 Å². The molecular weight excluding hydrogens is 331 g/mol. The summed E-state index contributed by atoms with van der Waals surface area (Å²) < 4.78 is 22.8. The quantitative estimate of drug-likeness (QED) is 0.522. The van der Waals surface area contributed by atoms with E-state index in [1.807, 2.05) is 41.1 Å². The van der Waals surface area contributed by atoms with Gasteiger partial charge in [-0.3, -0.25) is 0 Å². The van der Waals surface area contributed by atoms with Gasteiger partial charge in [0.15, 0.2) is 12.2 Å². The van der Waals surface area contributed by atoms with Gasteiger partial charge in [0.1, 0.15) is 18.6 Å². The molecule has 0 unspecified atom stereocenters. The van der Waals surface area contributed by atoms with Crippen molar-refractivity contribution in [1.29, 1.82) is 0 Å². The average Bonchev–Trinajstić information content (AvgIpc) is 3.26. The molecule has 1 aliphatic rings. The van der Waals surface area contributed by atoms with Crippen LogP contribution in [-0.4, -0.2) is 10.5 Å². The number of esters is 1. The minimum Gasteiger partial charge on any atom is -0.458 e. The van der Waals surface area contributed by atoms with Gasteiger partial charge in [0.25, 0.3) is 5.82 Å². The molecule has 2 aromatic carbocycles. The molecule has 0 N–H and O–H groups in total. The Balaban J connectivity index is 1.51. The van der Waals surface area contributed by atoms with E-state index in [1.165, 1.54) is 12.1 Å². The summed E-state index contributed by atoms with van der Waals surface area (Å²) in [6.07, 6.45) is 3.93. The van der Waals surface area contributed by atoms with E-state index >= 15 is 0 Å². The van der Waals surface area contributed by atoms with E-state index in [-0.39, 0.29) is 24.9 Å². The van der Waals surface area contributed by atoms with Gasteiger partial charge in [0.2, 0.25) is 0 Å². The largest absolute Gasteiger partial charge is 0.458 e. The molecule has 2 heterocycles. The van der Waals surface area contributed by atoms with Crippen molar-refractivity contribution in [2.45, 2.75) is 32.5 Å². The van der Waals surface area contributed by atoms with Gasteiger partial charge in [-0.25, -0.2) is 18.3 Å². The molecule has 0 amide bonds. The lowest BCUT2D eigenvalue weighted by Crippen LogP contribution is -2.40. The smallest absolute Gasteiger partial charge is 0.348 e. The lowest BCUT2D eigenvalue weighted by atomic mass is 10.1. The van der Waals surface area contributed by atoms with E-state index in [2.05, 4.69) is 4.57 Å². The Hall–Kier alpha value is -2.95. The summed E-state index contributed by atoms with van der Waals surface area (Å²) >= 11 is 0. The number of benzene rings is 2. The van der Waals surface area contributed by atoms with Crippen LogP contribution in [-0.2, 0) is 35.6 Å². The van der Waals surface area contributed by atoms with Gasteiger partial charge in [0.05, 0.1) is 13.0 Å². The Morgan fingerprint density at radius 3 is 2.65 bits per heavy atom. The molecule has 0 spiro atoms. The lowest BCUT2D eigenvalue weighted by Gasteiger charge is -2.04. The number of hydrogen-bond donors (Lipinski definition) is 0. The number of hydrogen-bond acceptors (Lipinski definition) is 2. The van der Waals surface area contributed by atoms with Crippen molar-refractivity contribution in [3.63, 3.8) is 0 Å². The van der Waals surface area contributed by atoms with Crippen LogP contribution in [0.5, 0.6) is 0 Å². The number of carbonyl (C=O) groups is 1. The lowest BCUT2D eigenvalue weighted by molar-refractivity contribution is -0.692. The summed E-state index contributed by atoms with van der Waals surface area (Å²) in [5.41, 5.74) is 2.93. The highest BCUT2D eigenvalue weighted by Crippen LogP contribution is 2.24. The maximum absolute atomic E-state index is 13.2. The average molecular weight is 351 g/mol. The standard InChI is InChI=1S/C21H20FN2O2/c22-18-10-8-17(9-11-18)19-13-23(20-7-4-12-24(19)20)14-21(25)26-15-16-5-2-1-3-6-16/h1-3,5-6,8-11,13H,4,7,12,14-15H2/q+1. The first-order chi connectivity index (χ1) is 12.7. The molecule has 0 radical (unpaired) electrons. The molecule has 5 heteroatoms. The first-order valence-corrected chi connectivity index (χ1v) is 8.78. The second-order valence-corrected chi connectivity index (χ2v) is 6.47. The number of ether oxygens (including phenoxy) is 1. The minimum atomic E-state index is -0.259. The number of carbonyl (C=O) groups excluding carboxylic acids is 1. The van der Waals surface area contributed by atoms with Crippen LogP contribution in [0.3, 0.4) is 0 Å². The summed E-state index contributed by atoms with van der Waals surface area (Å²) in [6.45, 7) is 1.37. The first kappa shape index (κ1) is 16.5. The highest BCUT2D eigenvalue weighted by atomic mass is 19.1. The van der Waals surface area contributed by atoms with Crippen molar-refractivity contribution in [1.82, 2.24) is 4.57 Å². The predicted octanol–water partition coefficient (Wildman–Crippen LogP) is 3.27. The molecule has 4 nitrogen and oxygen atoms in total. The van der Waals surface area contributed by atoms with Crippen LogP contribution in [0.1, 0.15) is 17.8 Å². The third-order valence-electron chi connectivity index (χ3n) is 4.68. The second kappa shape index (κ2) is 7.12. The van der Waals surface area contributed by atoms with Gasteiger partial charge in [-0.15, -0.1) is 0 Å². The highest BCUT2D eigenvalue weighted by Gasteiger charge is 2.29. The Kier molecular flexibility index (Phi) is 4.52. The first-order valence-electron chi connectivity index (χ1n) is 8.78. The summed E-state index contributed by atoms with van der Waals surface area (Å²) in [5, 5.41) is 0. The molecule has 0 saturated carbocycles. The SMILES string of the molecule is O=C(C[n+]1cc(-c2ccc(F)cc2)n2c1CCC2)OCc1ccccc1. The van der Waals surface area contributed by atoms with Crippen LogP contribution >= 0.6 is 0 Å². The molecule has 1 aliphatic heterocycles. The molecule has 0 bridgehead atoms. The van der Waals surface area contributed by atoms with Gasteiger partial charge in [-0.2, -0.15) is 0 Å². The Labute approximate surface area is 151 Å². The molecule has 0 fully saturated rings. The maximum Gasteiger partial charge on any atom is 0.348 e. The zero-order valence-corrected chi connectivity index (χ0v) is 14.4. The van der Waals surface area contributed by atoms with Crippen molar-refractivity contribution in [3.8, 4) is 11.3 Å². The zero-order valence-electron chi connectivity index (χ0n) is 14.4. The van der Waals surface area contributed by atoms with Crippen molar-refractivity contribution in [3.05, 3.63) is 78.0 Å². The number of nitrogens with zero attached hydrogens (tertiary/aromatic N) is 2. The van der Waals surface area contributed by atoms with Gasteiger partial charge < -0.3 is 4.74 Å². The van der Waals surface area contributed by atoms with E-state index in [4.69, 9.17) is 4.74 Å². The predicted molar refractivity (Wildman–Crippen MR) is 94.6 cm³/mol. The Bertz CT molecular complexity index is 917. The van der Waals surface area contributed by atoms with Crippen molar-refractivity contribution < 1.29 is 18.5 Å². The van der Waals surface area contributed by atoms with Crippen LogP contribution in [0.2, 0.25) is 0 Å². The fourth-order valence-electron chi connectivity index (χ4n) is 3.42. The molecule has 1 aromatic heterocycles. The van der Waals surface area contributed by atoms with Crippen molar-refractivity contribution in [2.75, 3.05) is 0 Å². The molecule has 4 rings (SSSR count). The van der Waals surface area contributed by atoms with Gasteiger partial charge in [-0.05, 0) is 36.2 Å². The molecule has 0 aliphatic carbocycles. The zero-order chi connectivity index (χ0) is 17.9. The Morgan fingerprint density at radius 2 is 1.88 bits per heavy atom. The van der Waals surface area contributed by atoms with Crippen LogP contribution in [0.4, 0.5) is 4.39 Å². The third kappa shape index (κ3) is 3.38. The monoisotopic (exact) mass is 351 g/mol. The van der Waals surface area contributed by atoms with Crippen LogP contribution in [0.15, 0.2) is 60.8 Å². The van der Waals surface area contributed by atoms with Crippen molar-refractivity contribution >= 4 is 5.97 Å². The van der Waals surface area contributed by atoms with E-state index in [9.17, 15) is 9.18 Å². The van der Waals surface area contributed by atoms with Crippen molar-refractivity contribution in [2.24, 2.45) is 0 Å². The molecular formula is C21H20FN2O2+. The molecule has 26 heavy (non-hydrogen) atoms. The normalized spacial score (nSPS) is 12.8. The van der Waals surface area contributed by atoms with Crippen LogP contribution in [0, 0.1) is 5.82 Å². The molecule has 0 saturated heterocycles. The highest BCUT2D eigenvalue weighted by molar-refractivity contribution is 5.68. The summed E-state index contributed by atoms with van der Waals surface area (Å²) in [7, 11) is 0. The summed E-state index contributed by atoms with van der Waals surface area (Å²) in [6, 6.07) is 16.1. The van der Waals surface area contributed by atoms with Gasteiger partial charge in [-0.1, -0.05) is 30.3 Å². The Morgan fingerprint density at radius 1 is 1.12 bits per heavy atom. The second-order valence-electron chi connectivity index (χ2n) is 6.47. The molecule has 0 atom stereocenters. The van der Waals surface area contributed by atoms with E-state index in [1.54, 1.807) is 12.1 Å².